The number of hydrogen-bond donors (Lipinski definition) is 0. The molecular weight excluding hydrogens is 174 g/mol. The third kappa shape index (κ3) is 3.95. The summed E-state index contributed by atoms with van der Waals surface area (Å²) in [6.07, 6.45) is 12.3. The molecule has 0 aromatic carbocycles. The molecule has 2 heteroatoms. The molecule has 1 rings (SSSR count). The van der Waals surface area contributed by atoms with Crippen LogP contribution in [0.3, 0.4) is 0 Å². The summed E-state index contributed by atoms with van der Waals surface area (Å²) in [5.74, 6) is 0.153. The molecule has 1 heterocycles. The summed E-state index contributed by atoms with van der Waals surface area (Å²) in [6, 6.07) is 0. The summed E-state index contributed by atoms with van der Waals surface area (Å²) in [7, 11) is 0. The van der Waals surface area contributed by atoms with E-state index in [1.54, 1.807) is 6.20 Å². The molecule has 0 radical (unpaired) electrons. The summed E-state index contributed by atoms with van der Waals surface area (Å²) >= 11 is 0. The molecule has 1 aliphatic heterocycles. The Morgan fingerprint density at radius 1 is 1.21 bits per heavy atom. The highest BCUT2D eigenvalue weighted by molar-refractivity contribution is 5.78. The van der Waals surface area contributed by atoms with Crippen LogP contribution in [0.2, 0.25) is 0 Å². The third-order valence-electron chi connectivity index (χ3n) is 2.71. The van der Waals surface area contributed by atoms with Gasteiger partial charge in [0.15, 0.2) is 0 Å². The Balaban J connectivity index is 1.94. The van der Waals surface area contributed by atoms with Crippen LogP contribution in [0.15, 0.2) is 17.3 Å². The van der Waals surface area contributed by atoms with E-state index in [0.29, 0.717) is 0 Å². The molecule has 0 aliphatic carbocycles. The number of hydrogen-bond acceptors (Lipinski definition) is 2. The minimum Gasteiger partial charge on any atom is -0.861 e. The number of rotatable bonds is 7. The molecule has 1 unspecified atom stereocenters. The molecule has 0 saturated heterocycles. The van der Waals surface area contributed by atoms with E-state index in [0.717, 1.165) is 6.42 Å². The average molecular weight is 194 g/mol. The largest absolute Gasteiger partial charge is 0.861 e. The first-order valence-electron chi connectivity index (χ1n) is 5.76. The van der Waals surface area contributed by atoms with Gasteiger partial charge in [-0.05, 0) is 12.3 Å². The Bertz CT molecular complexity index is 208. The molecule has 1 aliphatic rings. The van der Waals surface area contributed by atoms with E-state index in [9.17, 15) is 5.11 Å². The van der Waals surface area contributed by atoms with E-state index in [4.69, 9.17) is 0 Å². The average Bonchev–Trinajstić information content (AvgIpc) is 2.58. The zero-order chi connectivity index (χ0) is 10.2. The molecule has 0 aromatic rings. The second-order valence-electron chi connectivity index (χ2n) is 3.97. The molecule has 80 valence electrons. The lowest BCUT2D eigenvalue weighted by molar-refractivity contribution is -0.221. The van der Waals surface area contributed by atoms with Crippen molar-refractivity contribution in [3.05, 3.63) is 12.3 Å². The molecule has 0 fully saturated rings. The number of nitrogens with zero attached hydrogens (tertiary/aromatic N) is 1. The standard InChI is InChI=1S/C12H21NO/c1-2-3-4-5-6-7-8-11-9-10-13-12(11)14/h9-11H,2-8H2,1H3,(H,13,14)/p-1. The third-order valence-corrected chi connectivity index (χ3v) is 2.71. The SMILES string of the molecule is CCCCCCCCC1C=CN=C1[O-]. The molecule has 0 N–H and O–H groups in total. The lowest BCUT2D eigenvalue weighted by atomic mass is 10.0. The maximum absolute atomic E-state index is 11.1. The molecular formula is C12H20NO-. The quantitative estimate of drug-likeness (QED) is 0.574. The van der Waals surface area contributed by atoms with Crippen molar-refractivity contribution >= 4 is 5.90 Å². The summed E-state index contributed by atoms with van der Waals surface area (Å²) in [5, 5.41) is 11.1. The van der Waals surface area contributed by atoms with Crippen LogP contribution in [-0.4, -0.2) is 5.90 Å². The fourth-order valence-electron chi connectivity index (χ4n) is 1.76. The Morgan fingerprint density at radius 2 is 1.93 bits per heavy atom. The first-order chi connectivity index (χ1) is 6.84. The summed E-state index contributed by atoms with van der Waals surface area (Å²) in [5.41, 5.74) is 0. The Morgan fingerprint density at radius 3 is 2.57 bits per heavy atom. The summed E-state index contributed by atoms with van der Waals surface area (Å²) in [6.45, 7) is 2.23. The van der Waals surface area contributed by atoms with Gasteiger partial charge < -0.3 is 5.11 Å². The molecule has 0 bridgehead atoms. The minimum atomic E-state index is 0.0542. The highest BCUT2D eigenvalue weighted by Gasteiger charge is 2.07. The summed E-state index contributed by atoms with van der Waals surface area (Å²) in [4.78, 5) is 3.73. The van der Waals surface area contributed by atoms with Crippen molar-refractivity contribution in [2.75, 3.05) is 0 Å². The predicted octanol–water partition coefficient (Wildman–Crippen LogP) is 2.64. The first kappa shape index (κ1) is 11.3. The molecule has 0 amide bonds. The van der Waals surface area contributed by atoms with Gasteiger partial charge >= 0.3 is 0 Å². The maximum atomic E-state index is 11.1. The smallest absolute Gasteiger partial charge is 0.0223 e. The molecule has 1 atom stereocenters. The molecule has 0 saturated carbocycles. The zero-order valence-electron chi connectivity index (χ0n) is 9.04. The van der Waals surface area contributed by atoms with E-state index < -0.39 is 0 Å². The van der Waals surface area contributed by atoms with Crippen molar-refractivity contribution in [1.82, 2.24) is 0 Å². The topological polar surface area (TPSA) is 35.4 Å². The molecule has 0 aromatic heterocycles. The van der Waals surface area contributed by atoms with Gasteiger partial charge in [-0.15, -0.1) is 0 Å². The highest BCUT2D eigenvalue weighted by atomic mass is 16.3. The van der Waals surface area contributed by atoms with Crippen LogP contribution < -0.4 is 5.11 Å². The van der Waals surface area contributed by atoms with Crippen molar-refractivity contribution in [3.8, 4) is 0 Å². The van der Waals surface area contributed by atoms with Crippen LogP contribution in [0.5, 0.6) is 0 Å². The van der Waals surface area contributed by atoms with E-state index in [-0.39, 0.29) is 11.8 Å². The monoisotopic (exact) mass is 194 g/mol. The predicted molar refractivity (Wildman–Crippen MR) is 58.1 cm³/mol. The van der Waals surface area contributed by atoms with E-state index in [1.165, 1.54) is 38.5 Å². The van der Waals surface area contributed by atoms with Crippen LogP contribution in [0.1, 0.15) is 51.9 Å². The Kier molecular flexibility index (Phi) is 5.35. The highest BCUT2D eigenvalue weighted by Crippen LogP contribution is 2.16. The van der Waals surface area contributed by atoms with Gasteiger partial charge in [-0.1, -0.05) is 51.5 Å². The van der Waals surface area contributed by atoms with E-state index in [1.807, 2.05) is 6.08 Å². The molecule has 0 spiro atoms. The van der Waals surface area contributed by atoms with Crippen molar-refractivity contribution in [2.24, 2.45) is 10.9 Å². The number of unbranched alkanes of at least 4 members (excludes halogenated alkanes) is 5. The molecule has 14 heavy (non-hydrogen) atoms. The van der Waals surface area contributed by atoms with Gasteiger partial charge in [-0.3, -0.25) is 4.99 Å². The fraction of sp³-hybridized carbons (Fsp3) is 0.750. The van der Waals surface area contributed by atoms with Crippen LogP contribution in [0, 0.1) is 5.92 Å². The Hall–Kier alpha value is -0.790. The van der Waals surface area contributed by atoms with Gasteiger partial charge in [-0.2, -0.15) is 0 Å². The minimum absolute atomic E-state index is 0.0542. The number of aliphatic imine (C=N–C) groups is 1. The summed E-state index contributed by atoms with van der Waals surface area (Å²) < 4.78 is 0. The van der Waals surface area contributed by atoms with Crippen molar-refractivity contribution in [1.29, 1.82) is 0 Å². The Labute approximate surface area is 86.7 Å². The van der Waals surface area contributed by atoms with Gasteiger partial charge in [0.2, 0.25) is 0 Å². The van der Waals surface area contributed by atoms with Gasteiger partial charge in [0, 0.05) is 12.1 Å². The van der Waals surface area contributed by atoms with E-state index in [2.05, 4.69) is 11.9 Å². The lowest BCUT2D eigenvalue weighted by Crippen LogP contribution is -2.23. The lowest BCUT2D eigenvalue weighted by Gasteiger charge is -2.14. The van der Waals surface area contributed by atoms with Crippen molar-refractivity contribution < 1.29 is 5.11 Å². The second-order valence-corrected chi connectivity index (χ2v) is 3.97. The first-order valence-corrected chi connectivity index (χ1v) is 5.76. The van der Waals surface area contributed by atoms with E-state index >= 15 is 0 Å². The second kappa shape index (κ2) is 6.63. The van der Waals surface area contributed by atoms with Crippen LogP contribution in [0.4, 0.5) is 0 Å². The molecule has 2 nitrogen and oxygen atoms in total. The van der Waals surface area contributed by atoms with Gasteiger partial charge in [0.05, 0.1) is 0 Å². The normalized spacial score (nSPS) is 20.1. The van der Waals surface area contributed by atoms with Crippen LogP contribution in [0.25, 0.3) is 0 Å². The zero-order valence-corrected chi connectivity index (χ0v) is 9.04. The van der Waals surface area contributed by atoms with Gasteiger partial charge in [0.1, 0.15) is 0 Å². The van der Waals surface area contributed by atoms with Gasteiger partial charge in [-0.25, -0.2) is 0 Å². The maximum Gasteiger partial charge on any atom is 0.0223 e. The fourth-order valence-corrected chi connectivity index (χ4v) is 1.76. The van der Waals surface area contributed by atoms with Crippen LogP contribution in [-0.2, 0) is 0 Å². The van der Waals surface area contributed by atoms with Gasteiger partial charge in [0.25, 0.3) is 0 Å². The van der Waals surface area contributed by atoms with Crippen LogP contribution >= 0.6 is 0 Å². The van der Waals surface area contributed by atoms with Crippen molar-refractivity contribution in [2.45, 2.75) is 51.9 Å². The van der Waals surface area contributed by atoms with Crippen molar-refractivity contribution in [3.63, 3.8) is 0 Å².